The monoisotopic (exact) mass is 496 g/mol. The van der Waals surface area contributed by atoms with E-state index in [9.17, 15) is 9.59 Å². The first-order valence-corrected chi connectivity index (χ1v) is 11.6. The van der Waals surface area contributed by atoms with E-state index in [-0.39, 0.29) is 24.5 Å². The van der Waals surface area contributed by atoms with Gasteiger partial charge in [-0.05, 0) is 49.4 Å². The van der Waals surface area contributed by atoms with Crippen LogP contribution >= 0.6 is 15.9 Å². The van der Waals surface area contributed by atoms with Crippen molar-refractivity contribution in [1.29, 1.82) is 0 Å². The van der Waals surface area contributed by atoms with Crippen LogP contribution in [0.3, 0.4) is 0 Å². The normalized spacial score (nSPS) is 12.8. The number of nitrogens with zero attached hydrogens (tertiary/aromatic N) is 1. The number of halogens is 1. The smallest absolute Gasteiger partial charge is 0.261 e. The molecule has 0 bridgehead atoms. The summed E-state index contributed by atoms with van der Waals surface area (Å²) in [5.74, 6) is 0.230. The van der Waals surface area contributed by atoms with E-state index in [0.29, 0.717) is 12.3 Å². The molecule has 3 aromatic carbocycles. The summed E-state index contributed by atoms with van der Waals surface area (Å²) in [6.07, 6.45) is 0.822. The van der Waals surface area contributed by atoms with Crippen LogP contribution in [0.25, 0.3) is 10.8 Å². The van der Waals surface area contributed by atoms with Gasteiger partial charge in [-0.1, -0.05) is 71.4 Å². The number of fused-ring (bicyclic) bond motifs is 1. The Bertz CT molecular complexity index is 1080. The Morgan fingerprint density at radius 2 is 1.75 bits per heavy atom. The van der Waals surface area contributed by atoms with Crippen molar-refractivity contribution in [1.82, 2.24) is 10.2 Å². The molecule has 0 aliphatic heterocycles. The number of hydrogen-bond acceptors (Lipinski definition) is 3. The predicted octanol–water partition coefficient (Wildman–Crippen LogP) is 5.31. The fourth-order valence-electron chi connectivity index (χ4n) is 3.42. The summed E-state index contributed by atoms with van der Waals surface area (Å²) < 4.78 is 6.85. The van der Waals surface area contributed by atoms with Crippen LogP contribution in [-0.2, 0) is 16.1 Å². The van der Waals surface area contributed by atoms with Crippen LogP contribution in [0, 0.1) is 0 Å². The average Bonchev–Trinajstić information content (AvgIpc) is 2.80. The number of amides is 2. The number of rotatable bonds is 9. The second-order valence-electron chi connectivity index (χ2n) is 7.91. The first kappa shape index (κ1) is 23.8. The van der Waals surface area contributed by atoms with Crippen LogP contribution in [0.2, 0.25) is 0 Å². The quantitative estimate of drug-likeness (QED) is 0.436. The maximum Gasteiger partial charge on any atom is 0.261 e. The van der Waals surface area contributed by atoms with Crippen molar-refractivity contribution in [3.8, 4) is 5.75 Å². The summed E-state index contributed by atoms with van der Waals surface area (Å²) in [4.78, 5) is 27.6. The lowest BCUT2D eigenvalue weighted by Gasteiger charge is -2.29. The molecule has 0 aliphatic rings. The SMILES string of the molecule is CC[C@H](C)NC(=O)[C@H](C)N(Cc1cccc(Br)c1)C(=O)COc1cccc2ccccc12. The summed E-state index contributed by atoms with van der Waals surface area (Å²) in [6.45, 7) is 5.88. The third kappa shape index (κ3) is 6.10. The van der Waals surface area contributed by atoms with Gasteiger partial charge in [0.2, 0.25) is 5.91 Å². The molecule has 1 N–H and O–H groups in total. The minimum atomic E-state index is -0.633. The molecular weight excluding hydrogens is 468 g/mol. The predicted molar refractivity (Wildman–Crippen MR) is 131 cm³/mol. The molecule has 0 radical (unpaired) electrons. The topological polar surface area (TPSA) is 58.6 Å². The molecule has 0 aliphatic carbocycles. The molecule has 2 atom stereocenters. The first-order valence-electron chi connectivity index (χ1n) is 10.8. The van der Waals surface area contributed by atoms with Crippen LogP contribution in [-0.4, -0.2) is 35.4 Å². The Morgan fingerprint density at radius 3 is 2.50 bits per heavy atom. The zero-order valence-electron chi connectivity index (χ0n) is 18.7. The molecule has 5 nitrogen and oxygen atoms in total. The fraction of sp³-hybridized carbons (Fsp3) is 0.308. The molecule has 3 aromatic rings. The van der Waals surface area contributed by atoms with Gasteiger partial charge >= 0.3 is 0 Å². The minimum Gasteiger partial charge on any atom is -0.483 e. The van der Waals surface area contributed by atoms with Gasteiger partial charge in [0.15, 0.2) is 6.61 Å². The maximum absolute atomic E-state index is 13.3. The lowest BCUT2D eigenvalue weighted by molar-refractivity contribution is -0.142. The Morgan fingerprint density at radius 1 is 1.03 bits per heavy atom. The number of benzene rings is 3. The highest BCUT2D eigenvalue weighted by Crippen LogP contribution is 2.25. The minimum absolute atomic E-state index is 0.0414. The van der Waals surface area contributed by atoms with Gasteiger partial charge in [-0.2, -0.15) is 0 Å². The maximum atomic E-state index is 13.3. The van der Waals surface area contributed by atoms with Crippen LogP contribution < -0.4 is 10.1 Å². The van der Waals surface area contributed by atoms with Gasteiger partial charge in [0.25, 0.3) is 5.91 Å². The molecule has 32 heavy (non-hydrogen) atoms. The number of carbonyl (C=O) groups is 2. The molecule has 0 unspecified atom stereocenters. The van der Waals surface area contributed by atoms with Gasteiger partial charge in [-0.25, -0.2) is 0 Å². The molecule has 2 amide bonds. The van der Waals surface area contributed by atoms with E-state index in [1.54, 1.807) is 11.8 Å². The van der Waals surface area contributed by atoms with Crippen molar-refractivity contribution in [3.05, 3.63) is 76.8 Å². The molecule has 6 heteroatoms. The third-order valence-corrected chi connectivity index (χ3v) is 6.00. The number of carbonyl (C=O) groups excluding carboxylic acids is 2. The number of nitrogens with one attached hydrogen (secondary N) is 1. The summed E-state index contributed by atoms with van der Waals surface area (Å²) in [6, 6.07) is 20.8. The van der Waals surface area contributed by atoms with Crippen LogP contribution in [0.1, 0.15) is 32.8 Å². The van der Waals surface area contributed by atoms with Crippen molar-refractivity contribution in [2.75, 3.05) is 6.61 Å². The summed E-state index contributed by atoms with van der Waals surface area (Å²) >= 11 is 3.47. The van der Waals surface area contributed by atoms with E-state index < -0.39 is 6.04 Å². The average molecular weight is 497 g/mol. The van der Waals surface area contributed by atoms with Gasteiger partial charge in [0.1, 0.15) is 11.8 Å². The Hall–Kier alpha value is -2.86. The van der Waals surface area contributed by atoms with Gasteiger partial charge in [0, 0.05) is 22.4 Å². The Balaban J connectivity index is 1.79. The van der Waals surface area contributed by atoms with E-state index in [4.69, 9.17) is 4.74 Å². The largest absolute Gasteiger partial charge is 0.483 e. The van der Waals surface area contributed by atoms with Gasteiger partial charge < -0.3 is 15.0 Å². The molecule has 3 rings (SSSR count). The van der Waals surface area contributed by atoms with Gasteiger partial charge in [0.05, 0.1) is 0 Å². The summed E-state index contributed by atoms with van der Waals surface area (Å²) in [5.41, 5.74) is 0.932. The van der Waals surface area contributed by atoms with Crippen molar-refractivity contribution in [2.45, 2.75) is 45.8 Å². The molecule has 168 valence electrons. The lowest BCUT2D eigenvalue weighted by atomic mass is 10.1. The zero-order chi connectivity index (χ0) is 23.1. The van der Waals surface area contributed by atoms with Gasteiger partial charge in [-0.15, -0.1) is 0 Å². The number of hydrogen-bond donors (Lipinski definition) is 1. The molecule has 0 fully saturated rings. The molecular formula is C26H29BrN2O3. The molecule has 0 saturated heterocycles. The van der Waals surface area contributed by atoms with Crippen molar-refractivity contribution in [2.24, 2.45) is 0 Å². The second-order valence-corrected chi connectivity index (χ2v) is 8.83. The second kappa shape index (κ2) is 11.1. The van der Waals surface area contributed by atoms with E-state index in [0.717, 1.165) is 27.2 Å². The van der Waals surface area contributed by atoms with Gasteiger partial charge in [-0.3, -0.25) is 9.59 Å². The third-order valence-electron chi connectivity index (χ3n) is 5.51. The molecule has 0 aromatic heterocycles. The molecule has 0 heterocycles. The van der Waals surface area contributed by atoms with Crippen molar-refractivity contribution in [3.63, 3.8) is 0 Å². The van der Waals surface area contributed by atoms with Crippen LogP contribution in [0.5, 0.6) is 5.75 Å². The molecule has 0 spiro atoms. The first-order chi connectivity index (χ1) is 15.4. The summed E-state index contributed by atoms with van der Waals surface area (Å²) in [7, 11) is 0. The standard InChI is InChI=1S/C26H29BrN2O3/c1-4-18(2)28-26(31)19(3)29(16-20-9-7-12-22(27)15-20)25(30)17-32-24-14-8-11-21-10-5-6-13-23(21)24/h5-15,18-19H,4,16-17H2,1-3H3,(H,28,31)/t18-,19-/m0/s1. The highest BCUT2D eigenvalue weighted by Gasteiger charge is 2.27. The van der Waals surface area contributed by atoms with E-state index in [1.165, 1.54) is 0 Å². The Kier molecular flexibility index (Phi) is 8.28. The van der Waals surface area contributed by atoms with Crippen LogP contribution in [0.4, 0.5) is 0 Å². The van der Waals surface area contributed by atoms with Crippen molar-refractivity contribution < 1.29 is 14.3 Å². The molecule has 0 saturated carbocycles. The summed E-state index contributed by atoms with van der Waals surface area (Å²) in [5, 5.41) is 4.97. The highest BCUT2D eigenvalue weighted by atomic mass is 79.9. The van der Waals surface area contributed by atoms with E-state index >= 15 is 0 Å². The van der Waals surface area contributed by atoms with E-state index in [1.807, 2.05) is 80.6 Å². The zero-order valence-corrected chi connectivity index (χ0v) is 20.3. The lowest BCUT2D eigenvalue weighted by Crippen LogP contribution is -2.50. The number of ether oxygens (including phenoxy) is 1. The van der Waals surface area contributed by atoms with Crippen molar-refractivity contribution >= 4 is 38.5 Å². The van der Waals surface area contributed by atoms with E-state index in [2.05, 4.69) is 21.2 Å². The van der Waals surface area contributed by atoms with Crippen LogP contribution in [0.15, 0.2) is 71.2 Å². The Labute approximate surface area is 197 Å². The fourth-order valence-corrected chi connectivity index (χ4v) is 3.87. The highest BCUT2D eigenvalue weighted by molar-refractivity contribution is 9.10.